The molecular formula is C44H81NO5. The van der Waals surface area contributed by atoms with Crippen LogP contribution in [0.3, 0.4) is 0 Å². The van der Waals surface area contributed by atoms with E-state index in [9.17, 15) is 19.8 Å². The summed E-state index contributed by atoms with van der Waals surface area (Å²) in [6, 6.07) is -0.644. The molecule has 50 heavy (non-hydrogen) atoms. The molecule has 0 saturated carbocycles. The molecule has 1 amide bonds. The first-order chi connectivity index (χ1) is 24.5. The fraction of sp³-hybridized carbons (Fsp3) is 0.818. The minimum Gasteiger partial charge on any atom is -0.466 e. The van der Waals surface area contributed by atoms with Gasteiger partial charge in [0.1, 0.15) is 0 Å². The SMILES string of the molecule is CCCCC/C=C\CCCCCCCC(=O)OCCCCC/C=C\CCCCCCCC(=O)NC(CO)C(O)/C=C/CCCCCCCCC. The number of esters is 1. The number of carbonyl (C=O) groups is 2. The Morgan fingerprint density at radius 3 is 1.46 bits per heavy atom. The molecule has 0 aromatic heterocycles. The molecule has 0 aliphatic carbocycles. The third-order valence-electron chi connectivity index (χ3n) is 9.38. The van der Waals surface area contributed by atoms with Gasteiger partial charge in [-0.3, -0.25) is 9.59 Å². The van der Waals surface area contributed by atoms with Crippen molar-refractivity contribution in [3.8, 4) is 0 Å². The molecule has 292 valence electrons. The van der Waals surface area contributed by atoms with Crippen LogP contribution in [0, 0.1) is 0 Å². The fourth-order valence-corrected chi connectivity index (χ4v) is 6.03. The molecule has 0 saturated heterocycles. The topological polar surface area (TPSA) is 95.9 Å². The van der Waals surface area contributed by atoms with Crippen molar-refractivity contribution in [2.75, 3.05) is 13.2 Å². The van der Waals surface area contributed by atoms with Crippen LogP contribution in [0.5, 0.6) is 0 Å². The lowest BCUT2D eigenvalue weighted by atomic mass is 10.1. The molecule has 0 bridgehead atoms. The van der Waals surface area contributed by atoms with Gasteiger partial charge in [0.15, 0.2) is 0 Å². The molecule has 0 radical (unpaired) electrons. The molecule has 6 heteroatoms. The van der Waals surface area contributed by atoms with Gasteiger partial charge in [0.05, 0.1) is 25.4 Å². The van der Waals surface area contributed by atoms with Crippen molar-refractivity contribution in [2.45, 2.75) is 219 Å². The molecule has 0 spiro atoms. The molecule has 0 aromatic rings. The summed E-state index contributed by atoms with van der Waals surface area (Å²) in [6.07, 6.45) is 45.6. The molecule has 0 aliphatic rings. The fourth-order valence-electron chi connectivity index (χ4n) is 6.03. The molecule has 3 N–H and O–H groups in total. The molecule has 0 rings (SSSR count). The van der Waals surface area contributed by atoms with E-state index in [0.29, 0.717) is 19.4 Å². The number of carbonyl (C=O) groups excluding carboxylic acids is 2. The Morgan fingerprint density at radius 1 is 0.540 bits per heavy atom. The number of amides is 1. The van der Waals surface area contributed by atoms with Gasteiger partial charge >= 0.3 is 5.97 Å². The number of aliphatic hydroxyl groups is 2. The monoisotopic (exact) mass is 704 g/mol. The number of hydrogen-bond donors (Lipinski definition) is 3. The van der Waals surface area contributed by atoms with Gasteiger partial charge in [-0.05, 0) is 89.9 Å². The molecule has 0 aliphatic heterocycles. The Hall–Kier alpha value is -1.92. The Bertz CT molecular complexity index is 823. The minimum atomic E-state index is -0.858. The quantitative estimate of drug-likeness (QED) is 0.0338. The van der Waals surface area contributed by atoms with Crippen LogP contribution in [0.15, 0.2) is 36.5 Å². The van der Waals surface area contributed by atoms with Crippen molar-refractivity contribution in [1.29, 1.82) is 0 Å². The lowest BCUT2D eigenvalue weighted by Gasteiger charge is -2.20. The van der Waals surface area contributed by atoms with Crippen LogP contribution in [-0.2, 0) is 14.3 Å². The zero-order valence-corrected chi connectivity index (χ0v) is 32.9. The van der Waals surface area contributed by atoms with Crippen LogP contribution >= 0.6 is 0 Å². The zero-order chi connectivity index (χ0) is 36.6. The second-order valence-electron chi connectivity index (χ2n) is 14.3. The number of ether oxygens (including phenoxy) is 1. The number of aliphatic hydroxyl groups excluding tert-OH is 2. The van der Waals surface area contributed by atoms with E-state index in [4.69, 9.17) is 4.74 Å². The second-order valence-corrected chi connectivity index (χ2v) is 14.3. The van der Waals surface area contributed by atoms with Gasteiger partial charge in [0.25, 0.3) is 0 Å². The first-order valence-electron chi connectivity index (χ1n) is 21.3. The maximum absolute atomic E-state index is 12.3. The molecule has 6 nitrogen and oxygen atoms in total. The summed E-state index contributed by atoms with van der Waals surface area (Å²) in [5.41, 5.74) is 0. The number of unbranched alkanes of at least 4 members (excludes halogenated alkanes) is 23. The van der Waals surface area contributed by atoms with Gasteiger partial charge < -0.3 is 20.3 Å². The summed E-state index contributed by atoms with van der Waals surface area (Å²) in [4.78, 5) is 24.3. The highest BCUT2D eigenvalue weighted by atomic mass is 16.5. The van der Waals surface area contributed by atoms with Gasteiger partial charge in [0.2, 0.25) is 5.91 Å². The summed E-state index contributed by atoms with van der Waals surface area (Å²) >= 11 is 0. The zero-order valence-electron chi connectivity index (χ0n) is 32.9. The third kappa shape index (κ3) is 35.9. The molecular weight excluding hydrogens is 622 g/mol. The van der Waals surface area contributed by atoms with Gasteiger partial charge in [-0.1, -0.05) is 140 Å². The first kappa shape index (κ1) is 48.1. The van der Waals surface area contributed by atoms with Crippen LogP contribution < -0.4 is 5.32 Å². The summed E-state index contributed by atoms with van der Waals surface area (Å²) < 4.78 is 5.41. The predicted octanol–water partition coefficient (Wildman–Crippen LogP) is 11.8. The van der Waals surface area contributed by atoms with Crippen LogP contribution in [0.25, 0.3) is 0 Å². The minimum absolute atomic E-state index is 0.0363. The van der Waals surface area contributed by atoms with Crippen molar-refractivity contribution in [1.82, 2.24) is 5.32 Å². The summed E-state index contributed by atoms with van der Waals surface area (Å²) in [5.74, 6) is -0.136. The maximum atomic E-state index is 12.3. The van der Waals surface area contributed by atoms with E-state index in [1.807, 2.05) is 6.08 Å². The Morgan fingerprint density at radius 2 is 0.940 bits per heavy atom. The highest BCUT2D eigenvalue weighted by Crippen LogP contribution is 2.12. The Kier molecular flexibility index (Phi) is 38.3. The van der Waals surface area contributed by atoms with Crippen molar-refractivity contribution in [3.63, 3.8) is 0 Å². The van der Waals surface area contributed by atoms with E-state index >= 15 is 0 Å². The van der Waals surface area contributed by atoms with Crippen molar-refractivity contribution >= 4 is 11.9 Å². The molecule has 0 aromatic carbocycles. The van der Waals surface area contributed by atoms with Crippen LogP contribution in [0.2, 0.25) is 0 Å². The van der Waals surface area contributed by atoms with Gasteiger partial charge in [-0.15, -0.1) is 0 Å². The van der Waals surface area contributed by atoms with E-state index < -0.39 is 12.1 Å². The highest BCUT2D eigenvalue weighted by Gasteiger charge is 2.17. The van der Waals surface area contributed by atoms with E-state index in [-0.39, 0.29) is 18.5 Å². The number of rotatable bonds is 38. The number of hydrogen-bond acceptors (Lipinski definition) is 5. The van der Waals surface area contributed by atoms with E-state index in [1.54, 1.807) is 6.08 Å². The second kappa shape index (κ2) is 39.9. The van der Waals surface area contributed by atoms with E-state index in [2.05, 4.69) is 43.5 Å². The largest absolute Gasteiger partial charge is 0.466 e. The average molecular weight is 704 g/mol. The lowest BCUT2D eigenvalue weighted by molar-refractivity contribution is -0.143. The third-order valence-corrected chi connectivity index (χ3v) is 9.38. The normalized spacial score (nSPS) is 13.1. The maximum Gasteiger partial charge on any atom is 0.305 e. The lowest BCUT2D eigenvalue weighted by Crippen LogP contribution is -2.45. The standard InChI is InChI=1S/C44H81NO5/c1-3-5-7-9-11-13-14-18-22-26-30-34-38-44(49)50-39-35-31-27-23-19-16-15-17-21-25-29-33-37-43(48)45-41(40-46)42(47)36-32-28-24-20-12-10-8-6-4-2/h11,13,16,19,32,36,41-42,46-47H,3-10,12,14-15,17-18,20-31,33-35,37-40H2,1-2H3,(H,45,48)/b13-11-,19-16-,36-32+. The molecule has 0 fully saturated rings. The first-order valence-corrected chi connectivity index (χ1v) is 21.3. The summed E-state index contributed by atoms with van der Waals surface area (Å²) in [7, 11) is 0. The average Bonchev–Trinajstić information content (AvgIpc) is 3.11. The summed E-state index contributed by atoms with van der Waals surface area (Å²) in [6.45, 7) is 4.76. The number of allylic oxidation sites excluding steroid dienone is 5. The molecule has 2 unspecified atom stereocenters. The highest BCUT2D eigenvalue weighted by molar-refractivity contribution is 5.76. The van der Waals surface area contributed by atoms with Crippen LogP contribution in [0.4, 0.5) is 0 Å². The number of nitrogens with one attached hydrogen (secondary N) is 1. The molecule has 2 atom stereocenters. The van der Waals surface area contributed by atoms with Crippen LogP contribution in [-0.4, -0.2) is 47.4 Å². The Balaban J connectivity index is 3.56. The molecule has 0 heterocycles. The van der Waals surface area contributed by atoms with Gasteiger partial charge in [0, 0.05) is 12.8 Å². The van der Waals surface area contributed by atoms with E-state index in [1.165, 1.54) is 96.3 Å². The van der Waals surface area contributed by atoms with Crippen LogP contribution in [0.1, 0.15) is 206 Å². The van der Waals surface area contributed by atoms with Crippen molar-refractivity contribution in [2.24, 2.45) is 0 Å². The van der Waals surface area contributed by atoms with Crippen molar-refractivity contribution in [3.05, 3.63) is 36.5 Å². The smallest absolute Gasteiger partial charge is 0.305 e. The van der Waals surface area contributed by atoms with Gasteiger partial charge in [-0.25, -0.2) is 0 Å². The predicted molar refractivity (Wildman–Crippen MR) is 213 cm³/mol. The van der Waals surface area contributed by atoms with E-state index in [0.717, 1.165) is 83.5 Å². The Labute approximate surface area is 309 Å². The van der Waals surface area contributed by atoms with Crippen molar-refractivity contribution < 1.29 is 24.5 Å². The summed E-state index contributed by atoms with van der Waals surface area (Å²) in [5, 5.41) is 22.8. The van der Waals surface area contributed by atoms with Gasteiger partial charge in [-0.2, -0.15) is 0 Å².